The number of hydrogen-bond acceptors (Lipinski definition) is 2. The number of nitrogens with zero attached hydrogens (tertiary/aromatic N) is 1. The smallest absolute Gasteiger partial charge is 0.0401 e. The highest BCUT2D eigenvalue weighted by atomic mass is 79.9. The molecule has 3 heteroatoms. The minimum absolute atomic E-state index is 0.837. The Morgan fingerprint density at radius 2 is 1.84 bits per heavy atom. The molecule has 19 heavy (non-hydrogen) atoms. The van der Waals surface area contributed by atoms with Crippen molar-refractivity contribution < 1.29 is 0 Å². The van der Waals surface area contributed by atoms with Gasteiger partial charge < -0.3 is 10.2 Å². The van der Waals surface area contributed by atoms with Gasteiger partial charge in [0.2, 0.25) is 0 Å². The second-order valence-corrected chi connectivity index (χ2v) is 5.79. The lowest BCUT2D eigenvalue weighted by molar-refractivity contribution is 0.403. The van der Waals surface area contributed by atoms with Gasteiger partial charge in [0.1, 0.15) is 0 Å². The summed E-state index contributed by atoms with van der Waals surface area (Å²) in [4.78, 5) is 2.18. The topological polar surface area (TPSA) is 15.3 Å². The Labute approximate surface area is 123 Å². The predicted octanol–water partition coefficient (Wildman–Crippen LogP) is 4.12. The van der Waals surface area contributed by atoms with Crippen LogP contribution >= 0.6 is 15.9 Å². The lowest BCUT2D eigenvalue weighted by Gasteiger charge is -2.15. The van der Waals surface area contributed by atoms with Gasteiger partial charge in [0, 0.05) is 23.2 Å². The first-order valence-electron chi connectivity index (χ1n) is 6.36. The zero-order chi connectivity index (χ0) is 13.7. The molecular formula is C16H19BrN2. The fraction of sp³-hybridized carbons (Fsp3) is 0.250. The van der Waals surface area contributed by atoms with Crippen LogP contribution in [0.15, 0.2) is 53.0 Å². The first-order valence-corrected chi connectivity index (χ1v) is 7.15. The molecule has 2 aromatic carbocycles. The molecule has 2 aromatic rings. The van der Waals surface area contributed by atoms with Crippen LogP contribution in [0.4, 0.5) is 5.69 Å². The molecule has 0 saturated heterocycles. The monoisotopic (exact) mass is 318 g/mol. The van der Waals surface area contributed by atoms with Crippen LogP contribution in [0.1, 0.15) is 11.1 Å². The molecule has 0 amide bonds. The molecule has 0 atom stereocenters. The number of nitrogens with one attached hydrogen (secondary N) is 1. The van der Waals surface area contributed by atoms with Crippen molar-refractivity contribution in [1.29, 1.82) is 0 Å². The molecule has 0 aliphatic heterocycles. The molecule has 0 radical (unpaired) electrons. The molecule has 0 unspecified atom stereocenters. The molecule has 0 aliphatic rings. The van der Waals surface area contributed by atoms with Crippen molar-refractivity contribution in [3.8, 4) is 0 Å². The zero-order valence-corrected chi connectivity index (χ0v) is 12.9. The summed E-state index contributed by atoms with van der Waals surface area (Å²) in [5.41, 5.74) is 3.80. The predicted molar refractivity (Wildman–Crippen MR) is 85.3 cm³/mol. The highest BCUT2D eigenvalue weighted by Gasteiger charge is 2.02. The van der Waals surface area contributed by atoms with E-state index in [2.05, 4.69) is 82.7 Å². The molecule has 0 fully saturated rings. The largest absolute Gasteiger partial charge is 0.381 e. The van der Waals surface area contributed by atoms with E-state index in [4.69, 9.17) is 0 Å². The highest BCUT2D eigenvalue weighted by Crippen LogP contribution is 2.18. The number of hydrogen-bond donors (Lipinski definition) is 1. The molecule has 0 aliphatic carbocycles. The maximum absolute atomic E-state index is 3.51. The van der Waals surface area contributed by atoms with Gasteiger partial charge in [-0.15, -0.1) is 0 Å². The molecule has 100 valence electrons. The first-order chi connectivity index (χ1) is 9.15. The maximum atomic E-state index is 3.51. The van der Waals surface area contributed by atoms with E-state index in [9.17, 15) is 0 Å². The maximum Gasteiger partial charge on any atom is 0.0401 e. The van der Waals surface area contributed by atoms with Crippen LogP contribution in [0.3, 0.4) is 0 Å². The Balaban J connectivity index is 2.07. The van der Waals surface area contributed by atoms with Gasteiger partial charge in [0.05, 0.1) is 0 Å². The van der Waals surface area contributed by atoms with E-state index in [1.807, 2.05) is 6.07 Å². The second kappa shape index (κ2) is 6.73. The van der Waals surface area contributed by atoms with Crippen LogP contribution in [0, 0.1) is 0 Å². The Kier molecular flexibility index (Phi) is 5.00. The van der Waals surface area contributed by atoms with E-state index in [-0.39, 0.29) is 0 Å². The third kappa shape index (κ3) is 4.37. The number of benzene rings is 2. The average Bonchev–Trinajstić information content (AvgIpc) is 2.37. The molecule has 0 saturated carbocycles. The van der Waals surface area contributed by atoms with Gasteiger partial charge in [-0.3, -0.25) is 0 Å². The fourth-order valence-corrected chi connectivity index (χ4v) is 2.46. The lowest BCUT2D eigenvalue weighted by Crippen LogP contribution is -2.12. The third-order valence-electron chi connectivity index (χ3n) is 2.88. The van der Waals surface area contributed by atoms with Gasteiger partial charge in [-0.25, -0.2) is 0 Å². The number of rotatable bonds is 5. The average molecular weight is 319 g/mol. The summed E-state index contributed by atoms with van der Waals surface area (Å²) in [6.07, 6.45) is 0. The van der Waals surface area contributed by atoms with Crippen molar-refractivity contribution in [3.63, 3.8) is 0 Å². The molecule has 0 spiro atoms. The van der Waals surface area contributed by atoms with Crippen LogP contribution in [0.2, 0.25) is 0 Å². The molecule has 1 N–H and O–H groups in total. The minimum Gasteiger partial charge on any atom is -0.381 e. The fourth-order valence-electron chi connectivity index (χ4n) is 2.02. The number of para-hydroxylation sites is 1. The van der Waals surface area contributed by atoms with Crippen LogP contribution < -0.4 is 5.32 Å². The molecule has 0 aromatic heterocycles. The zero-order valence-electron chi connectivity index (χ0n) is 11.4. The Morgan fingerprint density at radius 1 is 1.05 bits per heavy atom. The van der Waals surface area contributed by atoms with Crippen molar-refractivity contribution >= 4 is 21.6 Å². The van der Waals surface area contributed by atoms with Crippen molar-refractivity contribution in [1.82, 2.24) is 4.90 Å². The quantitative estimate of drug-likeness (QED) is 0.892. The first kappa shape index (κ1) is 14.1. The van der Waals surface area contributed by atoms with Crippen molar-refractivity contribution in [2.24, 2.45) is 0 Å². The van der Waals surface area contributed by atoms with Crippen LogP contribution in [0.25, 0.3) is 0 Å². The Bertz CT molecular complexity index is 538. The standard InChI is InChI=1S/C16H19BrN2/c1-19(2)12-14-7-3-4-9-16(14)18-11-13-6-5-8-15(17)10-13/h3-10,18H,11-12H2,1-2H3. The summed E-state index contributed by atoms with van der Waals surface area (Å²) in [6.45, 7) is 1.78. The van der Waals surface area contributed by atoms with Gasteiger partial charge in [-0.05, 0) is 43.4 Å². The van der Waals surface area contributed by atoms with Crippen molar-refractivity contribution in [3.05, 3.63) is 64.1 Å². The molecule has 0 bridgehead atoms. The normalized spacial score (nSPS) is 10.7. The summed E-state index contributed by atoms with van der Waals surface area (Å²) in [5.74, 6) is 0. The third-order valence-corrected chi connectivity index (χ3v) is 3.37. The summed E-state index contributed by atoms with van der Waals surface area (Å²) in [7, 11) is 4.18. The summed E-state index contributed by atoms with van der Waals surface area (Å²) in [6, 6.07) is 16.8. The van der Waals surface area contributed by atoms with Crippen molar-refractivity contribution in [2.75, 3.05) is 19.4 Å². The van der Waals surface area contributed by atoms with Crippen LogP contribution in [0.5, 0.6) is 0 Å². The van der Waals surface area contributed by atoms with E-state index < -0.39 is 0 Å². The second-order valence-electron chi connectivity index (χ2n) is 4.88. The van der Waals surface area contributed by atoms with Gasteiger partial charge in [-0.2, -0.15) is 0 Å². The SMILES string of the molecule is CN(C)Cc1ccccc1NCc1cccc(Br)c1. The Morgan fingerprint density at radius 3 is 2.58 bits per heavy atom. The molecule has 0 heterocycles. The number of anilines is 1. The lowest BCUT2D eigenvalue weighted by atomic mass is 10.1. The van der Waals surface area contributed by atoms with Gasteiger partial charge in [-0.1, -0.05) is 46.3 Å². The van der Waals surface area contributed by atoms with Crippen LogP contribution in [-0.2, 0) is 13.1 Å². The summed E-state index contributed by atoms with van der Waals surface area (Å²) < 4.78 is 1.12. The molecule has 2 rings (SSSR count). The summed E-state index contributed by atoms with van der Waals surface area (Å²) in [5, 5.41) is 3.51. The Hall–Kier alpha value is -1.32. The molecule has 2 nitrogen and oxygen atoms in total. The van der Waals surface area contributed by atoms with Crippen LogP contribution in [-0.4, -0.2) is 19.0 Å². The van der Waals surface area contributed by atoms with E-state index >= 15 is 0 Å². The van der Waals surface area contributed by atoms with E-state index in [0.29, 0.717) is 0 Å². The van der Waals surface area contributed by atoms with Crippen molar-refractivity contribution in [2.45, 2.75) is 13.1 Å². The van der Waals surface area contributed by atoms with E-state index in [1.165, 1.54) is 16.8 Å². The number of halogens is 1. The van der Waals surface area contributed by atoms with Gasteiger partial charge >= 0.3 is 0 Å². The highest BCUT2D eigenvalue weighted by molar-refractivity contribution is 9.10. The van der Waals surface area contributed by atoms with Gasteiger partial charge in [0.25, 0.3) is 0 Å². The molecular weight excluding hydrogens is 300 g/mol. The van der Waals surface area contributed by atoms with Gasteiger partial charge in [0.15, 0.2) is 0 Å². The minimum atomic E-state index is 0.837. The van der Waals surface area contributed by atoms with E-state index in [0.717, 1.165) is 17.6 Å². The van der Waals surface area contributed by atoms with E-state index in [1.54, 1.807) is 0 Å². The summed E-state index contributed by atoms with van der Waals surface area (Å²) >= 11 is 3.50.